The van der Waals surface area contributed by atoms with Gasteiger partial charge in [-0.15, -0.1) is 11.3 Å². The van der Waals surface area contributed by atoms with Crippen molar-refractivity contribution in [2.45, 2.75) is 6.04 Å². The second kappa shape index (κ2) is 5.35. The summed E-state index contributed by atoms with van der Waals surface area (Å²) in [4.78, 5) is 1.23. The van der Waals surface area contributed by atoms with E-state index in [-0.39, 0.29) is 6.04 Å². The lowest BCUT2D eigenvalue weighted by atomic mass is 10.1. The summed E-state index contributed by atoms with van der Waals surface area (Å²) < 4.78 is 0. The number of hydrogen-bond donors (Lipinski definition) is 2. The molecule has 0 bridgehead atoms. The SMILES string of the molecule is Clc1cc(Cl)c(C2=CC(c3cccs3)NN2)c(Cl)c1. The van der Waals surface area contributed by atoms with Crippen LogP contribution in [0.2, 0.25) is 15.1 Å². The van der Waals surface area contributed by atoms with Gasteiger partial charge in [0.2, 0.25) is 0 Å². The molecule has 6 heteroatoms. The van der Waals surface area contributed by atoms with Crippen LogP contribution in [-0.4, -0.2) is 0 Å². The zero-order chi connectivity index (χ0) is 13.4. The maximum atomic E-state index is 6.21. The van der Waals surface area contributed by atoms with Crippen molar-refractivity contribution in [2.24, 2.45) is 0 Å². The largest absolute Gasteiger partial charge is 0.320 e. The molecule has 1 aliphatic heterocycles. The molecule has 2 N–H and O–H groups in total. The second-order valence-corrected chi connectivity index (χ2v) is 6.32. The van der Waals surface area contributed by atoms with Gasteiger partial charge in [0.15, 0.2) is 0 Å². The third-order valence-electron chi connectivity index (χ3n) is 2.82. The van der Waals surface area contributed by atoms with E-state index < -0.39 is 0 Å². The van der Waals surface area contributed by atoms with Gasteiger partial charge in [-0.2, -0.15) is 0 Å². The molecule has 1 atom stereocenters. The Morgan fingerprint density at radius 2 is 1.84 bits per heavy atom. The highest BCUT2D eigenvalue weighted by Crippen LogP contribution is 2.36. The number of hydrogen-bond acceptors (Lipinski definition) is 3. The first kappa shape index (κ1) is 13.3. The minimum atomic E-state index is 0.123. The summed E-state index contributed by atoms with van der Waals surface area (Å²) in [5.74, 6) is 0. The van der Waals surface area contributed by atoms with Gasteiger partial charge in [0.25, 0.3) is 0 Å². The normalized spacial score (nSPS) is 18.3. The van der Waals surface area contributed by atoms with Crippen LogP contribution < -0.4 is 10.9 Å². The Balaban J connectivity index is 1.98. The van der Waals surface area contributed by atoms with Crippen LogP contribution in [0.15, 0.2) is 35.7 Å². The Labute approximate surface area is 130 Å². The van der Waals surface area contributed by atoms with Gasteiger partial charge in [0, 0.05) is 15.5 Å². The summed E-state index contributed by atoms with van der Waals surface area (Å²) in [5.41, 5.74) is 7.94. The minimum Gasteiger partial charge on any atom is -0.320 e. The topological polar surface area (TPSA) is 24.1 Å². The van der Waals surface area contributed by atoms with E-state index in [4.69, 9.17) is 34.8 Å². The number of rotatable bonds is 2. The van der Waals surface area contributed by atoms with Crippen molar-refractivity contribution in [3.63, 3.8) is 0 Å². The molecule has 1 unspecified atom stereocenters. The van der Waals surface area contributed by atoms with Crippen molar-refractivity contribution >= 4 is 51.8 Å². The molecule has 98 valence electrons. The van der Waals surface area contributed by atoms with E-state index in [1.807, 2.05) is 11.4 Å². The summed E-state index contributed by atoms with van der Waals surface area (Å²) >= 11 is 20.0. The standard InChI is InChI=1S/C13H9Cl3N2S/c14-7-4-8(15)13(9(16)5-7)11-6-10(17-18-11)12-2-1-3-19-12/h1-6,10,17-18H. The lowest BCUT2D eigenvalue weighted by Crippen LogP contribution is -2.26. The summed E-state index contributed by atoms with van der Waals surface area (Å²) in [6, 6.07) is 7.60. The first-order chi connectivity index (χ1) is 9.15. The highest BCUT2D eigenvalue weighted by Gasteiger charge is 2.21. The van der Waals surface area contributed by atoms with Crippen LogP contribution in [0, 0.1) is 0 Å². The predicted octanol–water partition coefficient (Wildman–Crippen LogP) is 4.90. The second-order valence-electron chi connectivity index (χ2n) is 4.09. The molecular formula is C13H9Cl3N2S. The van der Waals surface area contributed by atoms with Crippen LogP contribution in [0.1, 0.15) is 16.5 Å². The van der Waals surface area contributed by atoms with Crippen molar-refractivity contribution in [1.82, 2.24) is 10.9 Å². The zero-order valence-corrected chi connectivity index (χ0v) is 12.7. The molecule has 1 aromatic heterocycles. The smallest absolute Gasteiger partial charge is 0.0806 e. The van der Waals surface area contributed by atoms with Gasteiger partial charge < -0.3 is 5.43 Å². The fraction of sp³-hybridized carbons (Fsp3) is 0.0769. The Morgan fingerprint density at radius 1 is 1.11 bits per heavy atom. The quantitative estimate of drug-likeness (QED) is 0.818. The molecule has 0 spiro atoms. The van der Waals surface area contributed by atoms with E-state index in [9.17, 15) is 0 Å². The van der Waals surface area contributed by atoms with Gasteiger partial charge in [0.1, 0.15) is 0 Å². The van der Waals surface area contributed by atoms with E-state index in [0.29, 0.717) is 15.1 Å². The fourth-order valence-electron chi connectivity index (χ4n) is 1.97. The molecule has 0 amide bonds. The molecule has 2 heterocycles. The molecule has 2 aromatic rings. The lowest BCUT2D eigenvalue weighted by Gasteiger charge is -2.09. The number of benzene rings is 1. The third-order valence-corrected chi connectivity index (χ3v) is 4.59. The van der Waals surface area contributed by atoms with E-state index in [1.165, 1.54) is 4.88 Å². The monoisotopic (exact) mass is 330 g/mol. The van der Waals surface area contributed by atoms with Crippen molar-refractivity contribution < 1.29 is 0 Å². The summed E-state index contributed by atoms with van der Waals surface area (Å²) in [5, 5.41) is 3.64. The van der Waals surface area contributed by atoms with Gasteiger partial charge >= 0.3 is 0 Å². The first-order valence-electron chi connectivity index (χ1n) is 5.57. The van der Waals surface area contributed by atoms with E-state index in [2.05, 4.69) is 23.0 Å². The average molecular weight is 332 g/mol. The molecule has 0 saturated heterocycles. The van der Waals surface area contributed by atoms with Crippen LogP contribution >= 0.6 is 46.1 Å². The summed E-state index contributed by atoms with van der Waals surface area (Å²) in [6.07, 6.45) is 2.06. The Hall–Kier alpha value is -0.710. The number of thiophene rings is 1. The zero-order valence-electron chi connectivity index (χ0n) is 9.58. The van der Waals surface area contributed by atoms with Crippen LogP contribution in [0.25, 0.3) is 5.70 Å². The number of hydrazine groups is 1. The Morgan fingerprint density at radius 3 is 2.47 bits per heavy atom. The van der Waals surface area contributed by atoms with E-state index >= 15 is 0 Å². The lowest BCUT2D eigenvalue weighted by molar-refractivity contribution is 0.623. The van der Waals surface area contributed by atoms with Crippen molar-refractivity contribution in [1.29, 1.82) is 0 Å². The molecule has 1 aliphatic rings. The summed E-state index contributed by atoms with van der Waals surface area (Å²) in [6.45, 7) is 0. The first-order valence-corrected chi connectivity index (χ1v) is 7.58. The maximum absolute atomic E-state index is 6.21. The fourth-order valence-corrected chi connectivity index (χ4v) is 3.74. The van der Waals surface area contributed by atoms with E-state index in [1.54, 1.807) is 23.5 Å². The third kappa shape index (κ3) is 2.62. The molecule has 3 rings (SSSR count). The molecule has 0 radical (unpaired) electrons. The highest BCUT2D eigenvalue weighted by atomic mass is 35.5. The minimum absolute atomic E-state index is 0.123. The average Bonchev–Trinajstić information content (AvgIpc) is 2.97. The van der Waals surface area contributed by atoms with Gasteiger partial charge in [-0.05, 0) is 29.7 Å². The molecule has 0 saturated carbocycles. The molecule has 19 heavy (non-hydrogen) atoms. The van der Waals surface area contributed by atoms with Crippen LogP contribution in [0.4, 0.5) is 0 Å². The van der Waals surface area contributed by atoms with Crippen LogP contribution in [-0.2, 0) is 0 Å². The Bertz CT molecular complexity index is 614. The maximum Gasteiger partial charge on any atom is 0.0806 e. The Kier molecular flexibility index (Phi) is 3.74. The van der Waals surface area contributed by atoms with Crippen molar-refractivity contribution in [3.8, 4) is 0 Å². The summed E-state index contributed by atoms with van der Waals surface area (Å²) in [7, 11) is 0. The number of nitrogens with one attached hydrogen (secondary N) is 2. The van der Waals surface area contributed by atoms with E-state index in [0.717, 1.165) is 11.3 Å². The highest BCUT2D eigenvalue weighted by molar-refractivity contribution is 7.10. The van der Waals surface area contributed by atoms with Gasteiger partial charge in [-0.25, -0.2) is 5.43 Å². The van der Waals surface area contributed by atoms with Crippen LogP contribution in [0.3, 0.4) is 0 Å². The van der Waals surface area contributed by atoms with Crippen LogP contribution in [0.5, 0.6) is 0 Å². The molecule has 0 fully saturated rings. The van der Waals surface area contributed by atoms with Gasteiger partial charge in [0.05, 0.1) is 21.8 Å². The molecule has 1 aromatic carbocycles. The molecule has 0 aliphatic carbocycles. The van der Waals surface area contributed by atoms with Crippen molar-refractivity contribution in [2.75, 3.05) is 0 Å². The predicted molar refractivity (Wildman–Crippen MR) is 82.8 cm³/mol. The molecule has 2 nitrogen and oxygen atoms in total. The van der Waals surface area contributed by atoms with Crippen molar-refractivity contribution in [3.05, 3.63) is 61.2 Å². The molecular weight excluding hydrogens is 323 g/mol. The van der Waals surface area contributed by atoms with Gasteiger partial charge in [-0.3, -0.25) is 0 Å². The van der Waals surface area contributed by atoms with Gasteiger partial charge in [-0.1, -0.05) is 40.9 Å². The number of halogens is 3.